The summed E-state index contributed by atoms with van der Waals surface area (Å²) in [5, 5.41) is 5.44. The Balaban J connectivity index is 2.55. The van der Waals surface area contributed by atoms with Gasteiger partial charge in [0.2, 0.25) is 0 Å². The van der Waals surface area contributed by atoms with Crippen LogP contribution in [0.2, 0.25) is 0 Å². The Bertz CT molecular complexity index is 801. The number of hydrazone groups is 1. The van der Waals surface area contributed by atoms with Gasteiger partial charge >= 0.3 is 18.2 Å². The Labute approximate surface area is 178 Å². The molecule has 1 aliphatic heterocycles. The van der Waals surface area contributed by atoms with Crippen molar-refractivity contribution in [3.63, 3.8) is 0 Å². The van der Waals surface area contributed by atoms with Gasteiger partial charge in [-0.3, -0.25) is 0 Å². The minimum atomic E-state index is -0.909. The molecule has 166 valence electrons. The number of amides is 2. The molecule has 1 atom stereocenters. The van der Waals surface area contributed by atoms with Crippen LogP contribution in [0.4, 0.5) is 9.59 Å². The van der Waals surface area contributed by atoms with Crippen molar-refractivity contribution < 1.29 is 23.8 Å². The van der Waals surface area contributed by atoms with Crippen LogP contribution in [-0.4, -0.2) is 44.9 Å². The van der Waals surface area contributed by atoms with E-state index in [-0.39, 0.29) is 6.02 Å². The van der Waals surface area contributed by atoms with Crippen LogP contribution in [0, 0.1) is 0 Å². The van der Waals surface area contributed by atoms with Gasteiger partial charge in [0.05, 0.1) is 0 Å². The van der Waals surface area contributed by atoms with Gasteiger partial charge in [-0.1, -0.05) is 30.3 Å². The third-order valence-electron chi connectivity index (χ3n) is 3.54. The summed E-state index contributed by atoms with van der Waals surface area (Å²) >= 11 is 0. The minimum Gasteiger partial charge on any atom is -0.458 e. The number of hydrogen-bond donors (Lipinski definition) is 0. The van der Waals surface area contributed by atoms with Crippen LogP contribution in [0.3, 0.4) is 0 Å². The maximum Gasteiger partial charge on any atom is 0.433 e. The molecule has 1 aliphatic rings. The van der Waals surface area contributed by atoms with E-state index in [2.05, 4.69) is 5.10 Å². The molecule has 0 aromatic heterocycles. The van der Waals surface area contributed by atoms with E-state index in [1.165, 1.54) is 4.90 Å². The lowest BCUT2D eigenvalue weighted by molar-refractivity contribution is -0.00523. The van der Waals surface area contributed by atoms with Gasteiger partial charge in [0, 0.05) is 0 Å². The summed E-state index contributed by atoms with van der Waals surface area (Å²) in [6.45, 7) is 16.1. The van der Waals surface area contributed by atoms with E-state index in [1.807, 2.05) is 39.0 Å². The number of benzene rings is 1. The van der Waals surface area contributed by atoms with Crippen LogP contribution in [0.15, 0.2) is 35.4 Å². The Hall–Kier alpha value is -2.77. The highest BCUT2D eigenvalue weighted by Gasteiger charge is 2.47. The number of carbonyl (C=O) groups is 2. The summed E-state index contributed by atoms with van der Waals surface area (Å²) in [6.07, 6.45) is -2.28. The fourth-order valence-corrected chi connectivity index (χ4v) is 2.61. The standard InChI is InChI=1S/C22H33N3O5/c1-20(2,3)28-17-23-25(19(27)30-22(7,8)9)16(15-13-11-10-12-14-15)24(17)18(26)29-21(4,5)6/h10-14,16H,1-9H3. The molecule has 30 heavy (non-hydrogen) atoms. The van der Waals surface area contributed by atoms with Gasteiger partial charge in [0.25, 0.3) is 0 Å². The zero-order valence-corrected chi connectivity index (χ0v) is 19.3. The Morgan fingerprint density at radius 3 is 1.77 bits per heavy atom. The summed E-state index contributed by atoms with van der Waals surface area (Å²) < 4.78 is 17.1. The van der Waals surface area contributed by atoms with Gasteiger partial charge in [-0.2, -0.15) is 5.01 Å². The van der Waals surface area contributed by atoms with Crippen molar-refractivity contribution in [2.24, 2.45) is 5.10 Å². The smallest absolute Gasteiger partial charge is 0.433 e. The summed E-state index contributed by atoms with van der Waals surface area (Å²) in [6, 6.07) is 9.05. The quantitative estimate of drug-likeness (QED) is 0.620. The normalized spacial score (nSPS) is 17.5. The lowest BCUT2D eigenvalue weighted by atomic mass is 10.1. The highest BCUT2D eigenvalue weighted by atomic mass is 16.6. The zero-order valence-electron chi connectivity index (χ0n) is 19.3. The highest BCUT2D eigenvalue weighted by molar-refractivity contribution is 5.94. The predicted octanol–water partition coefficient (Wildman–Crippen LogP) is 5.26. The Morgan fingerprint density at radius 1 is 0.800 bits per heavy atom. The summed E-state index contributed by atoms with van der Waals surface area (Å²) in [7, 11) is 0. The largest absolute Gasteiger partial charge is 0.458 e. The lowest BCUT2D eigenvalue weighted by Crippen LogP contribution is -2.46. The van der Waals surface area contributed by atoms with Crippen LogP contribution in [-0.2, 0) is 14.2 Å². The Kier molecular flexibility index (Phi) is 6.40. The van der Waals surface area contributed by atoms with Gasteiger partial charge in [-0.15, -0.1) is 5.10 Å². The van der Waals surface area contributed by atoms with Crippen LogP contribution in [0.25, 0.3) is 0 Å². The van der Waals surface area contributed by atoms with E-state index in [0.29, 0.717) is 5.56 Å². The predicted molar refractivity (Wildman–Crippen MR) is 114 cm³/mol. The second-order valence-corrected chi connectivity index (χ2v) is 10.1. The fourth-order valence-electron chi connectivity index (χ4n) is 2.61. The van der Waals surface area contributed by atoms with E-state index >= 15 is 0 Å². The molecule has 0 spiro atoms. The molecule has 1 heterocycles. The maximum absolute atomic E-state index is 13.2. The molecule has 0 radical (unpaired) electrons. The van der Waals surface area contributed by atoms with Crippen LogP contribution < -0.4 is 0 Å². The molecule has 0 saturated carbocycles. The number of ether oxygens (including phenoxy) is 3. The highest BCUT2D eigenvalue weighted by Crippen LogP contribution is 2.35. The van der Waals surface area contributed by atoms with E-state index in [0.717, 1.165) is 5.01 Å². The molecule has 0 aliphatic carbocycles. The molecular weight excluding hydrogens is 386 g/mol. The number of amidine groups is 1. The van der Waals surface area contributed by atoms with E-state index in [9.17, 15) is 9.59 Å². The molecule has 2 amide bonds. The van der Waals surface area contributed by atoms with Gasteiger partial charge < -0.3 is 14.2 Å². The van der Waals surface area contributed by atoms with Crippen molar-refractivity contribution in [1.29, 1.82) is 0 Å². The van der Waals surface area contributed by atoms with Crippen molar-refractivity contribution in [2.45, 2.75) is 85.3 Å². The first-order valence-electron chi connectivity index (χ1n) is 9.94. The van der Waals surface area contributed by atoms with Crippen LogP contribution >= 0.6 is 0 Å². The summed E-state index contributed by atoms with van der Waals surface area (Å²) in [5.41, 5.74) is -1.49. The van der Waals surface area contributed by atoms with Crippen molar-refractivity contribution in [2.75, 3.05) is 0 Å². The minimum absolute atomic E-state index is 0.0311. The zero-order chi connectivity index (χ0) is 22.9. The molecule has 0 bridgehead atoms. The summed E-state index contributed by atoms with van der Waals surface area (Å²) in [4.78, 5) is 27.4. The third kappa shape index (κ3) is 6.37. The first-order valence-corrected chi connectivity index (χ1v) is 9.94. The number of hydrogen-bond acceptors (Lipinski definition) is 6. The second-order valence-electron chi connectivity index (χ2n) is 10.1. The van der Waals surface area contributed by atoms with Crippen molar-refractivity contribution in [3.8, 4) is 0 Å². The van der Waals surface area contributed by atoms with Gasteiger partial charge in [0.15, 0.2) is 6.17 Å². The molecule has 8 heteroatoms. The number of rotatable bonds is 1. The molecule has 0 N–H and O–H groups in total. The molecular formula is C22H33N3O5. The first kappa shape index (κ1) is 23.5. The van der Waals surface area contributed by atoms with Gasteiger partial charge in [0.1, 0.15) is 16.8 Å². The molecule has 1 aromatic carbocycles. The average molecular weight is 420 g/mol. The fraction of sp³-hybridized carbons (Fsp3) is 0.591. The lowest BCUT2D eigenvalue weighted by Gasteiger charge is -2.32. The van der Waals surface area contributed by atoms with Crippen LogP contribution in [0.1, 0.15) is 74.0 Å². The topological polar surface area (TPSA) is 80.7 Å². The second kappa shape index (κ2) is 8.16. The maximum atomic E-state index is 13.2. The molecule has 1 aromatic rings. The monoisotopic (exact) mass is 419 g/mol. The average Bonchev–Trinajstić information content (AvgIpc) is 2.90. The first-order chi connectivity index (χ1) is 13.6. The molecule has 8 nitrogen and oxygen atoms in total. The molecule has 2 rings (SSSR count). The molecule has 0 fully saturated rings. The van der Waals surface area contributed by atoms with Crippen molar-refractivity contribution in [1.82, 2.24) is 9.91 Å². The third-order valence-corrected chi connectivity index (χ3v) is 3.54. The number of carbonyl (C=O) groups excluding carboxylic acids is 2. The Morgan fingerprint density at radius 2 is 1.30 bits per heavy atom. The number of nitrogens with zero attached hydrogens (tertiary/aromatic N) is 3. The van der Waals surface area contributed by atoms with Crippen LogP contribution in [0.5, 0.6) is 0 Å². The SMILES string of the molecule is CC(C)(C)OC(=O)N1N=C(OC(C)(C)C)N(C(=O)OC(C)(C)C)C1c1ccccc1. The van der Waals surface area contributed by atoms with E-state index in [4.69, 9.17) is 14.2 Å². The molecule has 0 saturated heterocycles. The van der Waals surface area contributed by atoms with Crippen molar-refractivity contribution in [3.05, 3.63) is 35.9 Å². The van der Waals surface area contributed by atoms with Gasteiger partial charge in [-0.25, -0.2) is 14.5 Å². The summed E-state index contributed by atoms with van der Waals surface area (Å²) in [5.74, 6) is 0. The van der Waals surface area contributed by atoms with Crippen molar-refractivity contribution >= 4 is 18.2 Å². The van der Waals surface area contributed by atoms with E-state index < -0.39 is 35.2 Å². The van der Waals surface area contributed by atoms with Gasteiger partial charge in [-0.05, 0) is 67.9 Å². The van der Waals surface area contributed by atoms with E-state index in [1.54, 1.807) is 53.7 Å². The molecule has 1 unspecified atom stereocenters.